The number of aryl methyl sites for hydroxylation is 1. The Morgan fingerprint density at radius 3 is 2.55 bits per heavy atom. The van der Waals surface area contributed by atoms with Crippen LogP contribution in [0.2, 0.25) is 0 Å². The lowest BCUT2D eigenvalue weighted by Crippen LogP contribution is -1.94. The molecule has 4 rings (SSSR count). The molecule has 146 valence electrons. The Balaban J connectivity index is 1.28. The summed E-state index contributed by atoms with van der Waals surface area (Å²) in [7, 11) is 0. The molecule has 0 saturated heterocycles. The number of rotatable bonds is 8. The summed E-state index contributed by atoms with van der Waals surface area (Å²) in [4.78, 5) is 10.2. The van der Waals surface area contributed by atoms with E-state index in [9.17, 15) is 0 Å². The monoisotopic (exact) mass is 420 g/mol. The van der Waals surface area contributed by atoms with Gasteiger partial charge in [0.2, 0.25) is 5.88 Å². The van der Waals surface area contributed by atoms with Gasteiger partial charge in [0.15, 0.2) is 0 Å². The quantitative estimate of drug-likeness (QED) is 0.238. The van der Waals surface area contributed by atoms with Crippen LogP contribution in [0.25, 0.3) is 10.6 Å². The largest absolute Gasteiger partial charge is 0.439 e. The number of thiazole rings is 1. The standard InChI is InChI=1S/C23H20N2O2S2/c1-17-7-10-21(11-8-17)29-26-14-13-19-16-28-23(25-19)18-9-12-22(24-15-18)27-20-5-3-2-4-6-20/h2-12,15-16H,13-14H2,1H3. The second-order valence-electron chi connectivity index (χ2n) is 6.41. The zero-order valence-electron chi connectivity index (χ0n) is 15.9. The normalized spacial score (nSPS) is 10.8. The van der Waals surface area contributed by atoms with Crippen LogP contribution in [0.15, 0.2) is 83.2 Å². The minimum absolute atomic E-state index is 0.568. The van der Waals surface area contributed by atoms with Gasteiger partial charge in [0, 0.05) is 46.6 Å². The third-order valence-electron chi connectivity index (χ3n) is 4.12. The van der Waals surface area contributed by atoms with Crippen molar-refractivity contribution in [3.05, 3.63) is 89.6 Å². The van der Waals surface area contributed by atoms with Crippen molar-refractivity contribution in [1.29, 1.82) is 0 Å². The van der Waals surface area contributed by atoms with Gasteiger partial charge in [0.1, 0.15) is 10.8 Å². The van der Waals surface area contributed by atoms with Gasteiger partial charge in [-0.05, 0) is 37.3 Å². The molecule has 0 spiro atoms. The molecule has 2 aromatic carbocycles. The fourth-order valence-corrected chi connectivity index (χ4v) is 3.98. The van der Waals surface area contributed by atoms with E-state index in [4.69, 9.17) is 13.9 Å². The van der Waals surface area contributed by atoms with Crippen molar-refractivity contribution >= 4 is 23.4 Å². The molecule has 4 nitrogen and oxygen atoms in total. The van der Waals surface area contributed by atoms with Crippen LogP contribution in [0.5, 0.6) is 11.6 Å². The highest BCUT2D eigenvalue weighted by Crippen LogP contribution is 2.26. The molecule has 2 heterocycles. The zero-order valence-corrected chi connectivity index (χ0v) is 17.6. The Morgan fingerprint density at radius 1 is 0.966 bits per heavy atom. The van der Waals surface area contributed by atoms with Crippen LogP contribution >= 0.6 is 23.4 Å². The van der Waals surface area contributed by atoms with Gasteiger partial charge in [0.05, 0.1) is 12.3 Å². The van der Waals surface area contributed by atoms with Crippen LogP contribution in [0.3, 0.4) is 0 Å². The Kier molecular flexibility index (Phi) is 6.56. The summed E-state index contributed by atoms with van der Waals surface area (Å²) in [6.07, 6.45) is 2.57. The van der Waals surface area contributed by atoms with Crippen molar-refractivity contribution in [2.75, 3.05) is 6.61 Å². The molecule has 0 unspecified atom stereocenters. The molecule has 0 aliphatic rings. The highest BCUT2D eigenvalue weighted by atomic mass is 32.2. The molecule has 0 N–H and O–H groups in total. The fourth-order valence-electron chi connectivity index (χ4n) is 2.58. The Hall–Kier alpha value is -2.67. The molecule has 0 atom stereocenters. The Labute approximate surface area is 178 Å². The van der Waals surface area contributed by atoms with E-state index in [0.717, 1.165) is 33.3 Å². The average Bonchev–Trinajstić information content (AvgIpc) is 3.23. The van der Waals surface area contributed by atoms with Gasteiger partial charge in [-0.15, -0.1) is 11.3 Å². The van der Waals surface area contributed by atoms with Crippen molar-refractivity contribution in [2.45, 2.75) is 18.2 Å². The maximum Gasteiger partial charge on any atom is 0.219 e. The van der Waals surface area contributed by atoms with Crippen molar-refractivity contribution in [3.63, 3.8) is 0 Å². The summed E-state index contributed by atoms with van der Waals surface area (Å²) >= 11 is 3.02. The molecule has 6 heteroatoms. The minimum Gasteiger partial charge on any atom is -0.439 e. The smallest absolute Gasteiger partial charge is 0.219 e. The third kappa shape index (κ3) is 5.67. The number of para-hydroxylation sites is 1. The molecule has 29 heavy (non-hydrogen) atoms. The van der Waals surface area contributed by atoms with E-state index in [0.29, 0.717) is 12.5 Å². The second kappa shape index (κ2) is 9.69. The van der Waals surface area contributed by atoms with Gasteiger partial charge >= 0.3 is 0 Å². The van der Waals surface area contributed by atoms with Gasteiger partial charge in [0.25, 0.3) is 0 Å². The van der Waals surface area contributed by atoms with Gasteiger partial charge in [-0.25, -0.2) is 9.97 Å². The highest BCUT2D eigenvalue weighted by Gasteiger charge is 2.07. The molecule has 0 bridgehead atoms. The summed E-state index contributed by atoms with van der Waals surface area (Å²) < 4.78 is 11.4. The lowest BCUT2D eigenvalue weighted by Gasteiger charge is -2.04. The van der Waals surface area contributed by atoms with Crippen LogP contribution in [-0.2, 0) is 10.6 Å². The molecule has 0 saturated carbocycles. The molecule has 0 aliphatic heterocycles. The topological polar surface area (TPSA) is 44.2 Å². The highest BCUT2D eigenvalue weighted by molar-refractivity contribution is 7.94. The first-order chi connectivity index (χ1) is 14.3. The predicted molar refractivity (Wildman–Crippen MR) is 119 cm³/mol. The lowest BCUT2D eigenvalue weighted by atomic mass is 10.2. The first-order valence-electron chi connectivity index (χ1n) is 9.26. The van der Waals surface area contributed by atoms with Crippen LogP contribution in [0.4, 0.5) is 0 Å². The molecular formula is C23H20N2O2S2. The molecule has 0 aliphatic carbocycles. The summed E-state index contributed by atoms with van der Waals surface area (Å²) in [5, 5.41) is 3.02. The number of nitrogens with zero attached hydrogens (tertiary/aromatic N) is 2. The molecule has 0 fully saturated rings. The first kappa shape index (κ1) is 19.6. The van der Waals surface area contributed by atoms with Crippen LogP contribution in [0, 0.1) is 6.92 Å². The molecular weight excluding hydrogens is 400 g/mol. The van der Waals surface area contributed by atoms with Crippen LogP contribution < -0.4 is 4.74 Å². The van der Waals surface area contributed by atoms with Crippen LogP contribution in [0.1, 0.15) is 11.3 Å². The second-order valence-corrected chi connectivity index (χ2v) is 8.14. The van der Waals surface area contributed by atoms with Gasteiger partial charge in [-0.2, -0.15) is 0 Å². The van der Waals surface area contributed by atoms with E-state index in [2.05, 4.69) is 41.6 Å². The van der Waals surface area contributed by atoms with E-state index in [-0.39, 0.29) is 0 Å². The fraction of sp³-hybridized carbons (Fsp3) is 0.130. The number of pyridine rings is 1. The van der Waals surface area contributed by atoms with E-state index in [1.54, 1.807) is 17.5 Å². The number of aromatic nitrogens is 2. The maximum absolute atomic E-state index is 5.74. The van der Waals surface area contributed by atoms with Crippen molar-refractivity contribution in [2.24, 2.45) is 0 Å². The van der Waals surface area contributed by atoms with E-state index in [1.165, 1.54) is 17.6 Å². The Bertz CT molecular complexity index is 1030. The van der Waals surface area contributed by atoms with E-state index in [1.807, 2.05) is 42.5 Å². The summed E-state index contributed by atoms with van der Waals surface area (Å²) in [5.74, 6) is 1.34. The minimum atomic E-state index is 0.568. The predicted octanol–water partition coefficient (Wildman–Crippen LogP) is 6.57. The van der Waals surface area contributed by atoms with E-state index >= 15 is 0 Å². The van der Waals surface area contributed by atoms with Crippen molar-refractivity contribution < 1.29 is 8.92 Å². The van der Waals surface area contributed by atoms with Crippen molar-refractivity contribution in [1.82, 2.24) is 9.97 Å². The summed E-state index contributed by atoms with van der Waals surface area (Å²) in [6.45, 7) is 2.69. The SMILES string of the molecule is Cc1ccc(SOCCc2csc(-c3ccc(Oc4ccccc4)nc3)n2)cc1. The number of benzene rings is 2. The van der Waals surface area contributed by atoms with Crippen LogP contribution in [-0.4, -0.2) is 16.6 Å². The zero-order chi connectivity index (χ0) is 19.9. The van der Waals surface area contributed by atoms with Gasteiger partial charge < -0.3 is 8.92 Å². The summed E-state index contributed by atoms with van der Waals surface area (Å²) in [5.41, 5.74) is 3.26. The lowest BCUT2D eigenvalue weighted by molar-refractivity contribution is 0.377. The number of hydrogen-bond acceptors (Lipinski definition) is 6. The van der Waals surface area contributed by atoms with E-state index < -0.39 is 0 Å². The third-order valence-corrected chi connectivity index (χ3v) is 5.81. The van der Waals surface area contributed by atoms with Gasteiger partial charge in [-0.1, -0.05) is 35.9 Å². The van der Waals surface area contributed by atoms with Crippen molar-refractivity contribution in [3.8, 4) is 22.2 Å². The molecule has 0 radical (unpaired) electrons. The maximum atomic E-state index is 5.74. The Morgan fingerprint density at radius 2 is 1.79 bits per heavy atom. The number of hydrogen-bond donors (Lipinski definition) is 0. The van der Waals surface area contributed by atoms with Gasteiger partial charge in [-0.3, -0.25) is 0 Å². The molecule has 4 aromatic rings. The summed E-state index contributed by atoms with van der Waals surface area (Å²) in [6, 6.07) is 21.8. The average molecular weight is 421 g/mol. The molecule has 0 amide bonds. The number of ether oxygens (including phenoxy) is 1. The first-order valence-corrected chi connectivity index (χ1v) is 10.9. The molecule has 2 aromatic heterocycles.